The minimum Gasteiger partial charge on any atom is -0.268 e. The maximum Gasteiger partial charge on any atom is 0.303 e. The number of rotatable bonds is 5. The van der Waals surface area contributed by atoms with Crippen molar-refractivity contribution in [2.24, 2.45) is 5.92 Å². The van der Waals surface area contributed by atoms with Gasteiger partial charge >= 0.3 is 10.2 Å². The molecule has 0 radical (unpaired) electrons. The Kier molecular flexibility index (Phi) is 4.86. The summed E-state index contributed by atoms with van der Waals surface area (Å²) in [5.74, 6) is -0.426. The molecule has 1 aromatic rings. The molecule has 1 aromatic carbocycles. The van der Waals surface area contributed by atoms with Gasteiger partial charge in [0.05, 0.1) is 0 Å². The topological polar surface area (TPSA) is 66.5 Å². The highest BCUT2D eigenvalue weighted by molar-refractivity contribution is 7.87. The van der Waals surface area contributed by atoms with Gasteiger partial charge in [-0.3, -0.25) is 4.79 Å². The second kappa shape index (κ2) is 5.97. The Balaban J connectivity index is 2.75. The molecule has 1 amide bonds. The van der Waals surface area contributed by atoms with E-state index < -0.39 is 16.1 Å². The Morgan fingerprint density at radius 1 is 1.28 bits per heavy atom. The van der Waals surface area contributed by atoms with E-state index in [0.717, 1.165) is 4.31 Å². The van der Waals surface area contributed by atoms with Crippen LogP contribution in [0.15, 0.2) is 30.3 Å². The SMILES string of the molecule is CC(C)CN(C)S(=O)(=O)NC(=O)c1ccccc1. The third kappa shape index (κ3) is 4.12. The highest BCUT2D eigenvalue weighted by atomic mass is 32.2. The summed E-state index contributed by atoms with van der Waals surface area (Å²) in [4.78, 5) is 11.7. The summed E-state index contributed by atoms with van der Waals surface area (Å²) < 4.78 is 26.9. The van der Waals surface area contributed by atoms with Gasteiger partial charge in [0.2, 0.25) is 0 Å². The van der Waals surface area contributed by atoms with Crippen molar-refractivity contribution in [3.8, 4) is 0 Å². The Morgan fingerprint density at radius 3 is 2.33 bits per heavy atom. The molecule has 0 unspecified atom stereocenters. The van der Waals surface area contributed by atoms with Crippen LogP contribution in [0.5, 0.6) is 0 Å². The molecular formula is C12H18N2O3S. The van der Waals surface area contributed by atoms with Crippen molar-refractivity contribution in [2.45, 2.75) is 13.8 Å². The minimum atomic E-state index is -3.77. The van der Waals surface area contributed by atoms with Crippen LogP contribution >= 0.6 is 0 Å². The number of nitrogens with zero attached hydrogens (tertiary/aromatic N) is 1. The lowest BCUT2D eigenvalue weighted by molar-refractivity contribution is 0.0979. The van der Waals surface area contributed by atoms with Crippen molar-refractivity contribution in [3.63, 3.8) is 0 Å². The summed E-state index contributed by atoms with van der Waals surface area (Å²) in [6.07, 6.45) is 0. The summed E-state index contributed by atoms with van der Waals surface area (Å²) in [7, 11) is -2.32. The molecule has 0 fully saturated rings. The number of hydrogen-bond acceptors (Lipinski definition) is 3. The predicted octanol–water partition coefficient (Wildman–Crippen LogP) is 1.25. The molecule has 0 aliphatic rings. The highest BCUT2D eigenvalue weighted by Crippen LogP contribution is 2.03. The fraction of sp³-hybridized carbons (Fsp3) is 0.417. The number of nitrogens with one attached hydrogen (secondary N) is 1. The van der Waals surface area contributed by atoms with E-state index in [1.165, 1.54) is 7.05 Å². The van der Waals surface area contributed by atoms with Crippen LogP contribution in [0.25, 0.3) is 0 Å². The molecule has 0 saturated heterocycles. The predicted molar refractivity (Wildman–Crippen MR) is 70.3 cm³/mol. The summed E-state index contributed by atoms with van der Waals surface area (Å²) in [6, 6.07) is 8.25. The van der Waals surface area contributed by atoms with Crippen molar-refractivity contribution in [2.75, 3.05) is 13.6 Å². The van der Waals surface area contributed by atoms with Crippen LogP contribution in [0.2, 0.25) is 0 Å². The number of carbonyl (C=O) groups excluding carboxylic acids is 1. The second-order valence-electron chi connectivity index (χ2n) is 4.48. The van der Waals surface area contributed by atoms with Crippen molar-refractivity contribution >= 4 is 16.1 Å². The van der Waals surface area contributed by atoms with Gasteiger partial charge in [0, 0.05) is 19.2 Å². The Labute approximate surface area is 108 Å². The molecule has 18 heavy (non-hydrogen) atoms. The molecule has 5 nitrogen and oxygen atoms in total. The first kappa shape index (κ1) is 14.7. The molecule has 0 atom stereocenters. The molecule has 0 aromatic heterocycles. The van der Waals surface area contributed by atoms with E-state index in [1.807, 2.05) is 18.6 Å². The van der Waals surface area contributed by atoms with Crippen molar-refractivity contribution < 1.29 is 13.2 Å². The van der Waals surface area contributed by atoms with Crippen LogP contribution in [-0.4, -0.2) is 32.2 Å². The molecule has 0 spiro atoms. The fourth-order valence-corrected chi connectivity index (χ4v) is 2.46. The van der Waals surface area contributed by atoms with Crippen LogP contribution in [0.3, 0.4) is 0 Å². The maximum atomic E-state index is 11.8. The van der Waals surface area contributed by atoms with E-state index in [2.05, 4.69) is 0 Å². The van der Waals surface area contributed by atoms with E-state index in [1.54, 1.807) is 30.3 Å². The van der Waals surface area contributed by atoms with E-state index >= 15 is 0 Å². The fourth-order valence-electron chi connectivity index (χ4n) is 1.46. The Morgan fingerprint density at radius 2 is 1.83 bits per heavy atom. The molecule has 0 aliphatic carbocycles. The van der Waals surface area contributed by atoms with Gasteiger partial charge in [-0.1, -0.05) is 32.0 Å². The number of amides is 1. The number of benzene rings is 1. The first-order valence-electron chi connectivity index (χ1n) is 5.66. The van der Waals surface area contributed by atoms with Crippen molar-refractivity contribution in [3.05, 3.63) is 35.9 Å². The third-order valence-corrected chi connectivity index (χ3v) is 3.70. The molecule has 6 heteroatoms. The number of hydrogen-bond donors (Lipinski definition) is 1. The minimum absolute atomic E-state index is 0.193. The lowest BCUT2D eigenvalue weighted by Crippen LogP contribution is -2.42. The van der Waals surface area contributed by atoms with Gasteiger partial charge in [-0.25, -0.2) is 4.72 Å². The maximum absolute atomic E-state index is 11.8. The molecule has 1 N–H and O–H groups in total. The van der Waals surface area contributed by atoms with Gasteiger partial charge < -0.3 is 0 Å². The Hall–Kier alpha value is -1.40. The van der Waals surface area contributed by atoms with E-state index in [9.17, 15) is 13.2 Å². The van der Waals surface area contributed by atoms with Crippen molar-refractivity contribution in [1.82, 2.24) is 9.03 Å². The molecular weight excluding hydrogens is 252 g/mol. The van der Waals surface area contributed by atoms with E-state index in [0.29, 0.717) is 12.1 Å². The third-order valence-electron chi connectivity index (χ3n) is 2.29. The monoisotopic (exact) mass is 270 g/mol. The van der Waals surface area contributed by atoms with Gasteiger partial charge in [-0.05, 0) is 18.1 Å². The molecule has 0 aliphatic heterocycles. The zero-order chi connectivity index (χ0) is 13.8. The average Bonchev–Trinajstić information content (AvgIpc) is 2.28. The smallest absolute Gasteiger partial charge is 0.268 e. The van der Waals surface area contributed by atoms with Gasteiger partial charge in [0.1, 0.15) is 0 Å². The van der Waals surface area contributed by atoms with Crippen LogP contribution in [-0.2, 0) is 10.2 Å². The lowest BCUT2D eigenvalue weighted by Gasteiger charge is -2.19. The highest BCUT2D eigenvalue weighted by Gasteiger charge is 2.21. The van der Waals surface area contributed by atoms with Gasteiger partial charge in [0.25, 0.3) is 5.91 Å². The van der Waals surface area contributed by atoms with Crippen molar-refractivity contribution in [1.29, 1.82) is 0 Å². The van der Waals surface area contributed by atoms with Gasteiger partial charge in [0.15, 0.2) is 0 Å². The van der Waals surface area contributed by atoms with Crippen LogP contribution < -0.4 is 4.72 Å². The largest absolute Gasteiger partial charge is 0.303 e. The lowest BCUT2D eigenvalue weighted by atomic mass is 10.2. The van der Waals surface area contributed by atoms with Gasteiger partial charge in [-0.2, -0.15) is 12.7 Å². The van der Waals surface area contributed by atoms with Crippen LogP contribution in [0, 0.1) is 5.92 Å². The zero-order valence-electron chi connectivity index (χ0n) is 10.8. The molecule has 0 bridgehead atoms. The zero-order valence-corrected chi connectivity index (χ0v) is 11.6. The van der Waals surface area contributed by atoms with Crippen LogP contribution in [0.1, 0.15) is 24.2 Å². The summed E-state index contributed by atoms with van der Waals surface area (Å²) in [6.45, 7) is 4.17. The first-order valence-corrected chi connectivity index (χ1v) is 7.10. The molecule has 0 saturated carbocycles. The van der Waals surface area contributed by atoms with E-state index in [4.69, 9.17) is 0 Å². The quantitative estimate of drug-likeness (QED) is 0.875. The number of carbonyl (C=O) groups is 1. The Bertz CT molecular complexity index is 497. The molecule has 0 heterocycles. The summed E-state index contributed by atoms with van der Waals surface area (Å²) in [5, 5.41) is 0. The first-order chi connectivity index (χ1) is 8.33. The molecule has 100 valence electrons. The second-order valence-corrected chi connectivity index (χ2v) is 6.25. The molecule has 1 rings (SSSR count). The van der Waals surface area contributed by atoms with Gasteiger partial charge in [-0.15, -0.1) is 0 Å². The van der Waals surface area contributed by atoms with Crippen LogP contribution in [0.4, 0.5) is 0 Å². The van der Waals surface area contributed by atoms with E-state index in [-0.39, 0.29) is 5.92 Å². The standard InChI is InChI=1S/C12H18N2O3S/c1-10(2)9-14(3)18(16,17)13-12(15)11-7-5-4-6-8-11/h4-8,10H,9H2,1-3H3,(H,13,15). The average molecular weight is 270 g/mol. The summed E-state index contributed by atoms with van der Waals surface area (Å²) in [5.41, 5.74) is 0.319. The summed E-state index contributed by atoms with van der Waals surface area (Å²) >= 11 is 0. The normalized spacial score (nSPS) is 11.8.